The molecule has 2 aromatic carbocycles. The van der Waals surface area contributed by atoms with Crippen molar-refractivity contribution in [2.45, 2.75) is 45.8 Å². The molecule has 0 unspecified atom stereocenters. The fraction of sp³-hybridized carbons (Fsp3) is 0.276. The average molecular weight is 518 g/mol. The largest absolute Gasteiger partial charge is 0.478 e. The van der Waals surface area contributed by atoms with E-state index in [9.17, 15) is 4.79 Å². The van der Waals surface area contributed by atoms with Crippen LogP contribution in [0.15, 0.2) is 59.1 Å². The zero-order chi connectivity index (χ0) is 26.1. The molecule has 2 heterocycles. The number of carboxylic acid groups (broad SMARTS) is 1. The highest BCUT2D eigenvalue weighted by molar-refractivity contribution is 6.33. The van der Waals surface area contributed by atoms with Crippen LogP contribution in [0.2, 0.25) is 5.02 Å². The third-order valence-corrected chi connectivity index (χ3v) is 6.97. The Morgan fingerprint density at radius 1 is 1.14 bits per heavy atom. The van der Waals surface area contributed by atoms with E-state index in [1.54, 1.807) is 12.1 Å². The number of benzene rings is 2. The molecule has 4 aromatic rings. The minimum atomic E-state index is -0.930. The van der Waals surface area contributed by atoms with Crippen molar-refractivity contribution < 1.29 is 19.2 Å². The van der Waals surface area contributed by atoms with E-state index >= 15 is 0 Å². The van der Waals surface area contributed by atoms with Gasteiger partial charge in [-0.25, -0.2) is 9.78 Å². The molecule has 190 valence electrons. The van der Waals surface area contributed by atoms with Gasteiger partial charge in [0.15, 0.2) is 0 Å². The van der Waals surface area contributed by atoms with Crippen LogP contribution in [0, 0.1) is 13.8 Å². The number of rotatable bonds is 9. The normalized spacial score (nSPS) is 13.0. The van der Waals surface area contributed by atoms with Crippen LogP contribution < -0.4 is 9.64 Å². The molecule has 1 N–H and O–H groups in total. The summed E-state index contributed by atoms with van der Waals surface area (Å²) in [5.74, 6) is 0.833. The minimum Gasteiger partial charge on any atom is -0.478 e. The summed E-state index contributed by atoms with van der Waals surface area (Å²) in [6, 6.07) is 16.5. The Labute approximate surface area is 220 Å². The maximum absolute atomic E-state index is 11.1. The lowest BCUT2D eigenvalue weighted by Gasteiger charge is -2.21. The van der Waals surface area contributed by atoms with E-state index in [-0.39, 0.29) is 12.2 Å². The standard InChI is InChI=1S/C29H28ClN3O4/c1-17-5-4-6-23(30)26(17)27-22(28(37-32-27)20-11-12-20)16-36-25-14-13-24(18(2)31-25)33(3)15-19-7-9-21(10-8-19)29(34)35/h4-10,13-14,20H,11-12,15-16H2,1-3H3,(H,34,35). The average Bonchev–Trinajstić information content (AvgIpc) is 3.63. The van der Waals surface area contributed by atoms with Crippen LogP contribution in [0.1, 0.15) is 57.3 Å². The van der Waals surface area contributed by atoms with Gasteiger partial charge in [-0.2, -0.15) is 0 Å². The summed E-state index contributed by atoms with van der Waals surface area (Å²) in [6.45, 7) is 4.86. The van der Waals surface area contributed by atoms with Gasteiger partial charge in [0.1, 0.15) is 18.1 Å². The lowest BCUT2D eigenvalue weighted by atomic mass is 10.0. The third-order valence-electron chi connectivity index (χ3n) is 6.65. The number of aryl methyl sites for hydroxylation is 2. The first kappa shape index (κ1) is 24.8. The summed E-state index contributed by atoms with van der Waals surface area (Å²) < 4.78 is 11.9. The number of carbonyl (C=O) groups is 1. The summed E-state index contributed by atoms with van der Waals surface area (Å²) >= 11 is 6.54. The van der Waals surface area contributed by atoms with Gasteiger partial charge in [-0.3, -0.25) is 0 Å². The third kappa shape index (κ3) is 5.32. The number of aromatic carboxylic acids is 1. The van der Waals surface area contributed by atoms with E-state index in [2.05, 4.69) is 15.0 Å². The van der Waals surface area contributed by atoms with E-state index in [1.165, 1.54) is 0 Å². The van der Waals surface area contributed by atoms with Crippen molar-refractivity contribution in [1.82, 2.24) is 10.1 Å². The molecule has 0 saturated heterocycles. The maximum Gasteiger partial charge on any atom is 0.335 e. The highest BCUT2D eigenvalue weighted by atomic mass is 35.5. The highest BCUT2D eigenvalue weighted by Crippen LogP contribution is 2.45. The predicted molar refractivity (Wildman–Crippen MR) is 142 cm³/mol. The van der Waals surface area contributed by atoms with Crippen molar-refractivity contribution in [2.75, 3.05) is 11.9 Å². The first-order valence-corrected chi connectivity index (χ1v) is 12.6. The Hall–Kier alpha value is -3.84. The van der Waals surface area contributed by atoms with E-state index in [0.717, 1.165) is 57.9 Å². The molecule has 0 aliphatic heterocycles. The Morgan fingerprint density at radius 2 is 1.89 bits per heavy atom. The number of pyridine rings is 1. The van der Waals surface area contributed by atoms with Gasteiger partial charge in [0.25, 0.3) is 0 Å². The van der Waals surface area contributed by atoms with Gasteiger partial charge in [-0.05, 0) is 62.1 Å². The van der Waals surface area contributed by atoms with Gasteiger partial charge < -0.3 is 19.3 Å². The number of hydrogen-bond donors (Lipinski definition) is 1. The van der Waals surface area contributed by atoms with Gasteiger partial charge in [0.05, 0.1) is 27.5 Å². The van der Waals surface area contributed by atoms with Crippen molar-refractivity contribution >= 4 is 23.3 Å². The predicted octanol–water partition coefficient (Wildman–Crippen LogP) is 6.80. The van der Waals surface area contributed by atoms with Gasteiger partial charge in [0.2, 0.25) is 5.88 Å². The van der Waals surface area contributed by atoms with Gasteiger partial charge in [-0.1, -0.05) is 41.0 Å². The summed E-state index contributed by atoms with van der Waals surface area (Å²) in [5, 5.41) is 14.1. The van der Waals surface area contributed by atoms with Crippen LogP contribution in [0.3, 0.4) is 0 Å². The van der Waals surface area contributed by atoms with E-state index in [0.29, 0.717) is 23.4 Å². The van der Waals surface area contributed by atoms with Gasteiger partial charge in [0, 0.05) is 31.1 Å². The van der Waals surface area contributed by atoms with Crippen LogP contribution in [0.25, 0.3) is 11.3 Å². The smallest absolute Gasteiger partial charge is 0.335 e. The van der Waals surface area contributed by atoms with Crippen molar-refractivity contribution in [1.29, 1.82) is 0 Å². The molecule has 1 fully saturated rings. The lowest BCUT2D eigenvalue weighted by molar-refractivity contribution is 0.0697. The van der Waals surface area contributed by atoms with E-state index in [1.807, 2.05) is 63.4 Å². The van der Waals surface area contributed by atoms with Crippen LogP contribution in [-0.4, -0.2) is 28.3 Å². The maximum atomic E-state index is 11.1. The molecular weight excluding hydrogens is 490 g/mol. The van der Waals surface area contributed by atoms with Crippen LogP contribution >= 0.6 is 11.6 Å². The number of aromatic nitrogens is 2. The summed E-state index contributed by atoms with van der Waals surface area (Å²) in [4.78, 5) is 17.8. The summed E-state index contributed by atoms with van der Waals surface area (Å²) in [5.41, 5.74) is 6.63. The first-order valence-electron chi connectivity index (χ1n) is 12.2. The van der Waals surface area contributed by atoms with Crippen molar-refractivity contribution in [3.63, 3.8) is 0 Å². The number of nitrogens with zero attached hydrogens (tertiary/aromatic N) is 3. The minimum absolute atomic E-state index is 0.274. The molecular formula is C29H28ClN3O4. The lowest BCUT2D eigenvalue weighted by Crippen LogP contribution is -2.18. The second kappa shape index (κ2) is 10.3. The summed E-state index contributed by atoms with van der Waals surface area (Å²) in [7, 11) is 1.98. The molecule has 0 bridgehead atoms. The van der Waals surface area contributed by atoms with Gasteiger partial charge >= 0.3 is 5.97 Å². The molecule has 0 atom stereocenters. The molecule has 1 saturated carbocycles. The van der Waals surface area contributed by atoms with Crippen LogP contribution in [0.4, 0.5) is 5.69 Å². The quantitative estimate of drug-likeness (QED) is 0.261. The number of ether oxygens (including phenoxy) is 1. The fourth-order valence-electron chi connectivity index (χ4n) is 4.53. The van der Waals surface area contributed by atoms with Gasteiger partial charge in [-0.15, -0.1) is 0 Å². The zero-order valence-electron chi connectivity index (χ0n) is 21.0. The monoisotopic (exact) mass is 517 g/mol. The van der Waals surface area contributed by atoms with E-state index < -0.39 is 5.97 Å². The Bertz CT molecular complexity index is 1420. The van der Waals surface area contributed by atoms with E-state index in [4.69, 9.17) is 26.0 Å². The fourth-order valence-corrected chi connectivity index (χ4v) is 4.84. The SMILES string of the molecule is Cc1cccc(Cl)c1-c1noc(C2CC2)c1COc1ccc(N(C)Cc2ccc(C(=O)O)cc2)c(C)n1. The summed E-state index contributed by atoms with van der Waals surface area (Å²) in [6.07, 6.45) is 2.17. The van der Waals surface area contributed by atoms with Crippen LogP contribution in [0.5, 0.6) is 5.88 Å². The molecule has 1 aliphatic rings. The Morgan fingerprint density at radius 3 is 2.54 bits per heavy atom. The van der Waals surface area contributed by atoms with Crippen LogP contribution in [-0.2, 0) is 13.2 Å². The number of anilines is 1. The van der Waals surface area contributed by atoms with Crippen molar-refractivity contribution in [3.8, 4) is 17.1 Å². The Balaban J connectivity index is 1.32. The molecule has 2 aromatic heterocycles. The van der Waals surface area contributed by atoms with Crippen molar-refractivity contribution in [3.05, 3.63) is 93.3 Å². The molecule has 5 rings (SSSR count). The molecule has 0 amide bonds. The zero-order valence-corrected chi connectivity index (χ0v) is 21.7. The number of hydrogen-bond acceptors (Lipinski definition) is 6. The number of carboxylic acids is 1. The molecule has 37 heavy (non-hydrogen) atoms. The Kier molecular flexibility index (Phi) is 6.89. The number of halogens is 1. The molecule has 8 heteroatoms. The second-order valence-electron chi connectivity index (χ2n) is 9.48. The molecule has 0 radical (unpaired) electrons. The second-order valence-corrected chi connectivity index (χ2v) is 9.89. The molecule has 1 aliphatic carbocycles. The van der Waals surface area contributed by atoms with Crippen molar-refractivity contribution in [2.24, 2.45) is 0 Å². The highest BCUT2D eigenvalue weighted by Gasteiger charge is 2.33. The first-order chi connectivity index (χ1) is 17.8. The molecule has 7 nitrogen and oxygen atoms in total. The topological polar surface area (TPSA) is 88.7 Å². The molecule has 0 spiro atoms.